The molecule has 2 aliphatic rings. The highest BCUT2D eigenvalue weighted by atomic mass is 32.1. The number of nitrogens with zero attached hydrogens (tertiary/aromatic N) is 4. The Balaban J connectivity index is 1.28. The molecule has 1 unspecified atom stereocenters. The third kappa shape index (κ3) is 3.57. The van der Waals surface area contributed by atoms with Gasteiger partial charge < -0.3 is 19.4 Å². The summed E-state index contributed by atoms with van der Waals surface area (Å²) < 4.78 is 13.2. The number of fused-ring (bicyclic) bond motifs is 2. The highest BCUT2D eigenvalue weighted by Crippen LogP contribution is 2.31. The molecule has 1 N–H and O–H groups in total. The molecule has 0 aliphatic carbocycles. The summed E-state index contributed by atoms with van der Waals surface area (Å²) in [4.78, 5) is 17.3. The maximum atomic E-state index is 12.8. The van der Waals surface area contributed by atoms with E-state index in [0.717, 1.165) is 48.2 Å². The second kappa shape index (κ2) is 7.47. The molecule has 0 fully saturated rings. The second-order valence-electron chi connectivity index (χ2n) is 7.20. The van der Waals surface area contributed by atoms with Crippen molar-refractivity contribution in [1.82, 2.24) is 25.1 Å². The van der Waals surface area contributed by atoms with E-state index in [1.807, 2.05) is 12.3 Å². The van der Waals surface area contributed by atoms with E-state index < -0.39 is 0 Å². The molecule has 9 heteroatoms. The van der Waals surface area contributed by atoms with E-state index in [9.17, 15) is 4.79 Å². The minimum Gasteiger partial charge on any atom is -0.486 e. The van der Waals surface area contributed by atoms with Gasteiger partial charge in [0.05, 0.1) is 5.01 Å². The minimum atomic E-state index is -0.0972. The Kier molecular flexibility index (Phi) is 4.67. The number of carbonyl (C=O) groups excluding carboxylic acids is 1. The van der Waals surface area contributed by atoms with Crippen LogP contribution in [-0.4, -0.2) is 44.9 Å². The van der Waals surface area contributed by atoms with Gasteiger partial charge in [-0.3, -0.25) is 4.79 Å². The number of nitrogens with one attached hydrogen (secondary N) is 1. The number of hydrogen-bond donors (Lipinski definition) is 1. The highest BCUT2D eigenvalue weighted by molar-refractivity contribution is 7.09. The fraction of sp³-hybridized carbons (Fsp3) is 0.400. The average Bonchev–Trinajstić information content (AvgIpc) is 3.30. The van der Waals surface area contributed by atoms with Crippen LogP contribution in [-0.2, 0) is 13.0 Å². The number of carbonyl (C=O) groups is 1. The molecule has 29 heavy (non-hydrogen) atoms. The molecule has 0 bridgehead atoms. The molecule has 4 heterocycles. The van der Waals surface area contributed by atoms with Crippen LogP contribution in [0.4, 0.5) is 0 Å². The minimum absolute atomic E-state index is 0.0717. The average molecular weight is 411 g/mol. The monoisotopic (exact) mass is 411 g/mol. The van der Waals surface area contributed by atoms with Gasteiger partial charge >= 0.3 is 0 Å². The van der Waals surface area contributed by atoms with Gasteiger partial charge in [-0.15, -0.1) is 21.5 Å². The van der Waals surface area contributed by atoms with Crippen LogP contribution in [0.25, 0.3) is 11.5 Å². The van der Waals surface area contributed by atoms with E-state index in [1.54, 1.807) is 29.5 Å². The number of aromatic nitrogens is 4. The molecular weight excluding hydrogens is 390 g/mol. The highest BCUT2D eigenvalue weighted by Gasteiger charge is 2.24. The van der Waals surface area contributed by atoms with Crippen molar-refractivity contribution >= 4 is 17.2 Å². The molecule has 8 nitrogen and oxygen atoms in total. The zero-order chi connectivity index (χ0) is 19.8. The van der Waals surface area contributed by atoms with Crippen molar-refractivity contribution in [3.8, 4) is 23.0 Å². The van der Waals surface area contributed by atoms with Gasteiger partial charge in [0.15, 0.2) is 17.3 Å². The molecule has 1 amide bonds. The Morgan fingerprint density at radius 1 is 1.21 bits per heavy atom. The van der Waals surface area contributed by atoms with Crippen LogP contribution >= 0.6 is 11.3 Å². The van der Waals surface area contributed by atoms with E-state index in [2.05, 4.69) is 25.1 Å². The molecule has 150 valence electrons. The summed E-state index contributed by atoms with van der Waals surface area (Å²) >= 11 is 1.61. The Morgan fingerprint density at radius 2 is 2.07 bits per heavy atom. The van der Waals surface area contributed by atoms with Crippen LogP contribution in [0.15, 0.2) is 23.6 Å². The van der Waals surface area contributed by atoms with Crippen molar-refractivity contribution in [2.24, 2.45) is 0 Å². The quantitative estimate of drug-likeness (QED) is 0.712. The molecule has 0 saturated carbocycles. The lowest BCUT2D eigenvalue weighted by molar-refractivity contribution is 0.0931. The Labute approximate surface area is 171 Å². The molecule has 0 spiro atoms. The predicted octanol–water partition coefficient (Wildman–Crippen LogP) is 2.62. The zero-order valence-corrected chi connectivity index (χ0v) is 16.9. The van der Waals surface area contributed by atoms with Gasteiger partial charge in [0.25, 0.3) is 5.91 Å². The first-order valence-electron chi connectivity index (χ1n) is 9.72. The van der Waals surface area contributed by atoms with E-state index >= 15 is 0 Å². The van der Waals surface area contributed by atoms with Gasteiger partial charge in [-0.1, -0.05) is 0 Å². The van der Waals surface area contributed by atoms with E-state index in [1.165, 1.54) is 0 Å². The summed E-state index contributed by atoms with van der Waals surface area (Å²) in [5, 5.41) is 14.9. The van der Waals surface area contributed by atoms with Gasteiger partial charge in [-0.05, 0) is 38.0 Å². The molecule has 0 radical (unpaired) electrons. The molecule has 0 saturated heterocycles. The molecule has 1 atom stereocenters. The van der Waals surface area contributed by atoms with E-state index in [0.29, 0.717) is 30.3 Å². The van der Waals surface area contributed by atoms with Crippen LogP contribution in [0.3, 0.4) is 0 Å². The van der Waals surface area contributed by atoms with Crippen molar-refractivity contribution in [1.29, 1.82) is 0 Å². The van der Waals surface area contributed by atoms with Crippen LogP contribution < -0.4 is 14.8 Å². The topological polar surface area (TPSA) is 91.2 Å². The molecular formula is C20H21N5O3S. The summed E-state index contributed by atoms with van der Waals surface area (Å²) in [6.45, 7) is 3.77. The summed E-state index contributed by atoms with van der Waals surface area (Å²) in [6, 6.07) is 5.39. The van der Waals surface area contributed by atoms with Crippen molar-refractivity contribution in [3.63, 3.8) is 0 Å². The van der Waals surface area contributed by atoms with Gasteiger partial charge in [-0.2, -0.15) is 0 Å². The fourth-order valence-electron chi connectivity index (χ4n) is 3.74. The van der Waals surface area contributed by atoms with Gasteiger partial charge in [0.2, 0.25) is 0 Å². The lowest BCUT2D eigenvalue weighted by Gasteiger charge is -2.20. The van der Waals surface area contributed by atoms with Crippen LogP contribution in [0.1, 0.15) is 34.0 Å². The first-order chi connectivity index (χ1) is 14.2. The van der Waals surface area contributed by atoms with Crippen LogP contribution in [0.5, 0.6) is 11.5 Å². The number of amides is 1. The van der Waals surface area contributed by atoms with Crippen LogP contribution in [0.2, 0.25) is 0 Å². The molecule has 3 aromatic rings. The number of benzene rings is 1. The summed E-state index contributed by atoms with van der Waals surface area (Å²) in [7, 11) is 0. The van der Waals surface area contributed by atoms with Crippen molar-refractivity contribution < 1.29 is 14.3 Å². The Hall–Kier alpha value is -2.94. The molecule has 1 aromatic carbocycles. The largest absolute Gasteiger partial charge is 0.486 e. The normalized spacial score (nSPS) is 18.0. The molecule has 5 rings (SSSR count). The maximum Gasteiger partial charge on any atom is 0.251 e. The Morgan fingerprint density at radius 3 is 2.90 bits per heavy atom. The predicted molar refractivity (Wildman–Crippen MR) is 107 cm³/mol. The van der Waals surface area contributed by atoms with Crippen molar-refractivity contribution in [2.75, 3.05) is 13.2 Å². The first-order valence-corrected chi connectivity index (χ1v) is 10.6. The lowest BCUT2D eigenvalue weighted by atomic mass is 10.1. The summed E-state index contributed by atoms with van der Waals surface area (Å²) in [5.41, 5.74) is 1.45. The first kappa shape index (κ1) is 18.1. The van der Waals surface area contributed by atoms with Crippen LogP contribution in [0, 0.1) is 6.92 Å². The van der Waals surface area contributed by atoms with E-state index in [-0.39, 0.29) is 11.9 Å². The van der Waals surface area contributed by atoms with E-state index in [4.69, 9.17) is 9.47 Å². The molecule has 2 aliphatic heterocycles. The number of thiazole rings is 1. The van der Waals surface area contributed by atoms with Gasteiger partial charge in [0.1, 0.15) is 24.7 Å². The number of aryl methyl sites for hydroxylation is 2. The van der Waals surface area contributed by atoms with Gasteiger partial charge in [-0.25, -0.2) is 4.98 Å². The maximum absolute atomic E-state index is 12.8. The SMILES string of the molecule is Cc1nc(-c2nnc3n2CCC(NC(=O)c2ccc4c(c2)OCCO4)CC3)cs1. The standard InChI is InChI=1S/C20H21N5O3S/c1-12-21-15(11-29-12)19-24-23-18-5-3-14(6-7-25(18)19)22-20(26)13-2-4-16-17(10-13)28-9-8-27-16/h2,4,10-11,14H,3,5-9H2,1H3,(H,22,26). The zero-order valence-electron chi connectivity index (χ0n) is 16.1. The lowest BCUT2D eigenvalue weighted by Crippen LogP contribution is -2.35. The number of hydrogen-bond acceptors (Lipinski definition) is 7. The second-order valence-corrected chi connectivity index (χ2v) is 8.26. The Bertz CT molecular complexity index is 1060. The number of rotatable bonds is 3. The smallest absolute Gasteiger partial charge is 0.251 e. The van der Waals surface area contributed by atoms with Gasteiger partial charge in [0, 0.05) is 30.0 Å². The fourth-order valence-corrected chi connectivity index (χ4v) is 4.33. The molecule has 2 aromatic heterocycles. The number of ether oxygens (including phenoxy) is 2. The third-order valence-electron chi connectivity index (χ3n) is 5.23. The van der Waals surface area contributed by atoms with Crippen molar-refractivity contribution in [2.45, 2.75) is 38.8 Å². The summed E-state index contributed by atoms with van der Waals surface area (Å²) in [6.07, 6.45) is 2.41. The van der Waals surface area contributed by atoms with Crippen molar-refractivity contribution in [3.05, 3.63) is 40.0 Å². The summed E-state index contributed by atoms with van der Waals surface area (Å²) in [5.74, 6) is 2.97. The third-order valence-corrected chi connectivity index (χ3v) is 6.01.